The molecule has 0 fully saturated rings. The number of hydrogen-bond donors (Lipinski definition) is 0. The van der Waals surface area contributed by atoms with Crippen molar-refractivity contribution in [3.05, 3.63) is 27.9 Å². The third-order valence-electron chi connectivity index (χ3n) is 1.88. The van der Waals surface area contributed by atoms with Gasteiger partial charge in [-0.1, -0.05) is 11.6 Å². The first-order valence-corrected chi connectivity index (χ1v) is 5.14. The molecule has 0 aliphatic heterocycles. The summed E-state index contributed by atoms with van der Waals surface area (Å²) in [6, 6.07) is 1.31. The predicted octanol–water partition coefficient (Wildman–Crippen LogP) is 1.81. The monoisotopic (exact) mass is 256 g/mol. The number of aromatic nitrogens is 1. The first kappa shape index (κ1) is 13.2. The number of ether oxygens (including phenoxy) is 1. The molecule has 0 aliphatic rings. The Morgan fingerprint density at radius 2 is 2.24 bits per heavy atom. The van der Waals surface area contributed by atoms with Crippen molar-refractivity contribution in [2.24, 2.45) is 5.18 Å². The van der Waals surface area contributed by atoms with Crippen molar-refractivity contribution in [2.45, 2.75) is 13.3 Å². The maximum absolute atomic E-state index is 11.4. The van der Waals surface area contributed by atoms with Crippen molar-refractivity contribution in [1.82, 2.24) is 4.98 Å². The Morgan fingerprint density at radius 1 is 1.53 bits per heavy atom. The third kappa shape index (κ3) is 3.60. The number of Topliss-reactive ketones (excluding diaryl/α,β-unsaturated/α-hetero) is 1. The van der Waals surface area contributed by atoms with Crippen LogP contribution in [-0.4, -0.2) is 23.3 Å². The lowest BCUT2D eigenvalue weighted by Crippen LogP contribution is -2.19. The van der Waals surface area contributed by atoms with Crippen LogP contribution in [0.1, 0.15) is 12.5 Å². The quantitative estimate of drug-likeness (QED) is 0.347. The molecule has 1 rings (SSSR count). The number of ketones is 1. The summed E-state index contributed by atoms with van der Waals surface area (Å²) in [6.45, 7) is 1.70. The zero-order chi connectivity index (χ0) is 12.8. The SMILES string of the molecule is CCOC(=O)C(=O)Cc1cc(Cl)ncc1N=O. The average molecular weight is 257 g/mol. The van der Waals surface area contributed by atoms with Crippen molar-refractivity contribution in [3.63, 3.8) is 0 Å². The zero-order valence-corrected chi connectivity index (χ0v) is 9.73. The Labute approximate surface area is 102 Å². The molecule has 0 aromatic carbocycles. The fourth-order valence-corrected chi connectivity index (χ4v) is 1.32. The van der Waals surface area contributed by atoms with Crippen LogP contribution in [0, 0.1) is 4.91 Å². The number of carbonyl (C=O) groups is 2. The van der Waals surface area contributed by atoms with E-state index in [1.165, 1.54) is 6.07 Å². The number of halogens is 1. The maximum atomic E-state index is 11.4. The second-order valence-corrected chi connectivity index (χ2v) is 3.43. The van der Waals surface area contributed by atoms with Crippen molar-refractivity contribution in [3.8, 4) is 0 Å². The number of esters is 1. The minimum Gasteiger partial charge on any atom is -0.460 e. The minimum absolute atomic E-state index is 0.0213. The first-order valence-electron chi connectivity index (χ1n) is 4.76. The Balaban J connectivity index is 2.87. The van der Waals surface area contributed by atoms with Crippen molar-refractivity contribution < 1.29 is 14.3 Å². The maximum Gasteiger partial charge on any atom is 0.374 e. The lowest BCUT2D eigenvalue weighted by molar-refractivity contribution is -0.153. The van der Waals surface area contributed by atoms with E-state index < -0.39 is 11.8 Å². The van der Waals surface area contributed by atoms with E-state index in [9.17, 15) is 14.5 Å². The van der Waals surface area contributed by atoms with E-state index >= 15 is 0 Å². The van der Waals surface area contributed by atoms with Gasteiger partial charge in [0.2, 0.25) is 5.78 Å². The molecule has 6 nitrogen and oxygen atoms in total. The summed E-state index contributed by atoms with van der Waals surface area (Å²) in [5.41, 5.74) is 0.227. The molecule has 90 valence electrons. The van der Waals surface area contributed by atoms with Gasteiger partial charge in [-0.3, -0.25) is 4.79 Å². The standard InChI is InChI=1S/C10H9ClN2O4/c1-2-17-10(15)8(14)3-6-4-9(11)12-5-7(6)13-16/h4-5H,2-3H2,1H3. The molecular formula is C10H9ClN2O4. The summed E-state index contributed by atoms with van der Waals surface area (Å²) in [5, 5.41) is 2.81. The summed E-state index contributed by atoms with van der Waals surface area (Å²) in [4.78, 5) is 36.6. The molecule has 1 heterocycles. The van der Waals surface area contributed by atoms with Crippen LogP contribution in [0.5, 0.6) is 0 Å². The van der Waals surface area contributed by atoms with E-state index in [4.69, 9.17) is 11.6 Å². The van der Waals surface area contributed by atoms with Gasteiger partial charge in [-0.25, -0.2) is 9.78 Å². The minimum atomic E-state index is -0.947. The van der Waals surface area contributed by atoms with Gasteiger partial charge in [0.15, 0.2) is 0 Å². The molecule has 0 amide bonds. The third-order valence-corrected chi connectivity index (χ3v) is 2.09. The molecule has 0 N–H and O–H groups in total. The van der Waals surface area contributed by atoms with Crippen molar-refractivity contribution in [1.29, 1.82) is 0 Å². The molecule has 0 aliphatic carbocycles. The van der Waals surface area contributed by atoms with E-state index in [-0.39, 0.29) is 29.4 Å². The zero-order valence-electron chi connectivity index (χ0n) is 8.97. The van der Waals surface area contributed by atoms with E-state index in [2.05, 4.69) is 14.9 Å². The molecule has 0 atom stereocenters. The van der Waals surface area contributed by atoms with E-state index in [0.29, 0.717) is 0 Å². The van der Waals surface area contributed by atoms with Gasteiger partial charge in [-0.15, -0.1) is 4.91 Å². The van der Waals surface area contributed by atoms with Gasteiger partial charge in [0.25, 0.3) is 0 Å². The fraction of sp³-hybridized carbons (Fsp3) is 0.300. The smallest absolute Gasteiger partial charge is 0.374 e. The Bertz CT molecular complexity index is 462. The number of pyridine rings is 1. The van der Waals surface area contributed by atoms with Crippen LogP contribution in [0.4, 0.5) is 5.69 Å². The summed E-state index contributed by atoms with van der Waals surface area (Å²) < 4.78 is 4.53. The number of hydrogen-bond acceptors (Lipinski definition) is 6. The summed E-state index contributed by atoms with van der Waals surface area (Å²) >= 11 is 5.62. The molecule has 0 radical (unpaired) electrons. The second-order valence-electron chi connectivity index (χ2n) is 3.05. The van der Waals surface area contributed by atoms with E-state index in [0.717, 1.165) is 6.20 Å². The summed E-state index contributed by atoms with van der Waals surface area (Å²) in [6.07, 6.45) is 0.852. The highest BCUT2D eigenvalue weighted by atomic mass is 35.5. The summed E-state index contributed by atoms with van der Waals surface area (Å²) in [5.74, 6) is -1.71. The molecular weight excluding hydrogens is 248 g/mol. The van der Waals surface area contributed by atoms with Crippen LogP contribution in [0.2, 0.25) is 5.15 Å². The van der Waals surface area contributed by atoms with Crippen molar-refractivity contribution >= 4 is 29.0 Å². The number of nitroso groups, excluding NO2 is 1. The molecule has 1 aromatic heterocycles. The molecule has 1 aromatic rings. The van der Waals surface area contributed by atoms with Crippen LogP contribution in [-0.2, 0) is 20.7 Å². The Hall–Kier alpha value is -1.82. The topological polar surface area (TPSA) is 85.7 Å². The number of rotatable bonds is 5. The van der Waals surface area contributed by atoms with E-state index in [1.807, 2.05) is 0 Å². The van der Waals surface area contributed by atoms with Gasteiger partial charge in [-0.2, -0.15) is 0 Å². The lowest BCUT2D eigenvalue weighted by atomic mass is 10.1. The average Bonchev–Trinajstić information content (AvgIpc) is 2.29. The van der Waals surface area contributed by atoms with Crippen LogP contribution in [0.25, 0.3) is 0 Å². The Kier molecular flexibility index (Phi) is 4.71. The molecule has 0 saturated heterocycles. The van der Waals surface area contributed by atoms with Gasteiger partial charge in [0.05, 0.1) is 12.8 Å². The molecule has 0 spiro atoms. The van der Waals surface area contributed by atoms with Gasteiger partial charge in [0, 0.05) is 6.42 Å². The predicted molar refractivity (Wildman–Crippen MR) is 60.0 cm³/mol. The molecule has 0 unspecified atom stereocenters. The largest absolute Gasteiger partial charge is 0.460 e. The molecule has 0 saturated carbocycles. The van der Waals surface area contributed by atoms with Crippen LogP contribution in [0.3, 0.4) is 0 Å². The number of nitrogens with zero attached hydrogens (tertiary/aromatic N) is 2. The van der Waals surface area contributed by atoms with Crippen molar-refractivity contribution in [2.75, 3.05) is 6.61 Å². The highest BCUT2D eigenvalue weighted by Gasteiger charge is 2.18. The van der Waals surface area contributed by atoms with Crippen LogP contribution < -0.4 is 0 Å². The number of carbonyl (C=O) groups excluding carboxylic acids is 2. The lowest BCUT2D eigenvalue weighted by Gasteiger charge is -2.03. The molecule has 17 heavy (non-hydrogen) atoms. The summed E-state index contributed by atoms with van der Waals surface area (Å²) in [7, 11) is 0. The van der Waals surface area contributed by atoms with Gasteiger partial charge >= 0.3 is 5.97 Å². The normalized spacial score (nSPS) is 9.76. The van der Waals surface area contributed by atoms with Crippen LogP contribution >= 0.6 is 11.6 Å². The molecule has 0 bridgehead atoms. The Morgan fingerprint density at radius 3 is 2.82 bits per heavy atom. The fourth-order valence-electron chi connectivity index (χ4n) is 1.14. The highest BCUT2D eigenvalue weighted by molar-refractivity contribution is 6.34. The van der Waals surface area contributed by atoms with Gasteiger partial charge in [0.1, 0.15) is 10.8 Å². The van der Waals surface area contributed by atoms with Gasteiger partial charge < -0.3 is 4.74 Å². The molecule has 7 heteroatoms. The van der Waals surface area contributed by atoms with Gasteiger partial charge in [-0.05, 0) is 23.7 Å². The van der Waals surface area contributed by atoms with Crippen LogP contribution in [0.15, 0.2) is 17.4 Å². The second kappa shape index (κ2) is 6.05. The first-order chi connectivity index (χ1) is 8.08. The van der Waals surface area contributed by atoms with E-state index in [1.54, 1.807) is 6.92 Å². The highest BCUT2D eigenvalue weighted by Crippen LogP contribution is 2.21.